The number of rotatable bonds is 1. The summed E-state index contributed by atoms with van der Waals surface area (Å²) >= 11 is 0. The van der Waals surface area contributed by atoms with Gasteiger partial charge < -0.3 is 0 Å². The van der Waals surface area contributed by atoms with Crippen molar-refractivity contribution in [3.8, 4) is 0 Å². The first-order valence-corrected chi connectivity index (χ1v) is 6.60. The van der Waals surface area contributed by atoms with Crippen molar-refractivity contribution in [1.29, 1.82) is 4.78 Å². The minimum absolute atomic E-state index is 0.00764. The first-order chi connectivity index (χ1) is 6.12. The quantitative estimate of drug-likeness (QED) is 0.717. The van der Waals surface area contributed by atoms with Gasteiger partial charge in [-0.05, 0) is 6.92 Å². The molecule has 0 amide bonds. The van der Waals surface area contributed by atoms with E-state index in [2.05, 4.69) is 25.8 Å². The van der Waals surface area contributed by atoms with Gasteiger partial charge in [0.15, 0.2) is 0 Å². The van der Waals surface area contributed by atoms with E-state index in [4.69, 9.17) is 4.78 Å². The van der Waals surface area contributed by atoms with Gasteiger partial charge in [0.25, 0.3) is 0 Å². The minimum Gasteiger partial charge on any atom is -0.261 e. The topological polar surface area (TPSA) is 53.3 Å². The molecule has 0 saturated carbocycles. The number of hydrogen-bond donors (Lipinski definition) is 1. The maximum absolute atomic E-state index is 11.6. The summed E-state index contributed by atoms with van der Waals surface area (Å²) in [7, 11) is -2.58. The summed E-state index contributed by atoms with van der Waals surface area (Å²) < 4.78 is 19.2. The lowest BCUT2D eigenvalue weighted by molar-refractivity contribution is 0.584. The molecule has 1 N–H and O–H groups in total. The lowest BCUT2D eigenvalue weighted by atomic mass is 9.89. The van der Waals surface area contributed by atoms with E-state index in [-0.39, 0.29) is 5.41 Å². The van der Waals surface area contributed by atoms with Crippen LogP contribution in [0.1, 0.15) is 34.1 Å². The number of nitrogens with one attached hydrogen (secondary N) is 1. The van der Waals surface area contributed by atoms with Crippen molar-refractivity contribution in [2.45, 2.75) is 34.1 Å². The highest BCUT2D eigenvalue weighted by atomic mass is 32.2. The highest BCUT2D eigenvalue weighted by Crippen LogP contribution is 2.31. The van der Waals surface area contributed by atoms with E-state index < -0.39 is 9.73 Å². The molecule has 0 fully saturated rings. The molecule has 1 rings (SSSR count). The summed E-state index contributed by atoms with van der Waals surface area (Å²) in [5.74, 6) is 0. The predicted octanol–water partition coefficient (Wildman–Crippen LogP) is 2.79. The number of aliphatic imine (C=N–C) groups is 1. The fourth-order valence-corrected chi connectivity index (χ4v) is 2.46. The van der Waals surface area contributed by atoms with Crippen LogP contribution in [0.25, 0.3) is 0 Å². The molecular formula is C10H18N2OS. The Morgan fingerprint density at radius 2 is 1.93 bits per heavy atom. The molecular weight excluding hydrogens is 196 g/mol. The summed E-state index contributed by atoms with van der Waals surface area (Å²) in [5.41, 5.74) is 1.82. The molecule has 0 aromatic heterocycles. The van der Waals surface area contributed by atoms with Crippen molar-refractivity contribution in [2.75, 3.05) is 6.26 Å². The Bertz CT molecular complexity index is 408. The lowest BCUT2D eigenvalue weighted by Crippen LogP contribution is -2.19. The Balaban J connectivity index is 3.03. The van der Waals surface area contributed by atoms with Gasteiger partial charge in [-0.25, -0.2) is 8.99 Å². The van der Waals surface area contributed by atoms with Gasteiger partial charge in [-0.15, -0.1) is 0 Å². The van der Waals surface area contributed by atoms with E-state index in [0.717, 1.165) is 11.4 Å². The van der Waals surface area contributed by atoms with E-state index in [1.54, 1.807) is 0 Å². The Labute approximate surface area is 86.3 Å². The van der Waals surface area contributed by atoms with E-state index >= 15 is 0 Å². The molecule has 3 nitrogen and oxygen atoms in total. The molecule has 14 heavy (non-hydrogen) atoms. The average Bonchev–Trinajstić information content (AvgIpc) is 2.27. The maximum Gasteiger partial charge on any atom is 0.0679 e. The van der Waals surface area contributed by atoms with Gasteiger partial charge in [0.1, 0.15) is 0 Å². The molecule has 1 aliphatic heterocycles. The fourth-order valence-electron chi connectivity index (χ4n) is 1.44. The van der Waals surface area contributed by atoms with Crippen LogP contribution in [0.3, 0.4) is 0 Å². The molecule has 0 radical (unpaired) electrons. The molecule has 1 aliphatic rings. The lowest BCUT2D eigenvalue weighted by Gasteiger charge is -2.18. The first kappa shape index (κ1) is 11.4. The van der Waals surface area contributed by atoms with Gasteiger partial charge in [0, 0.05) is 23.8 Å². The Morgan fingerprint density at radius 1 is 1.43 bits per heavy atom. The average molecular weight is 214 g/mol. The molecule has 0 aromatic rings. The van der Waals surface area contributed by atoms with Crippen LogP contribution >= 0.6 is 0 Å². The van der Waals surface area contributed by atoms with Crippen molar-refractivity contribution < 1.29 is 4.21 Å². The second-order valence-electron chi connectivity index (χ2n) is 4.84. The maximum atomic E-state index is 11.6. The normalized spacial score (nSPS) is 22.2. The van der Waals surface area contributed by atoms with Crippen molar-refractivity contribution in [2.24, 2.45) is 10.4 Å². The van der Waals surface area contributed by atoms with Gasteiger partial charge in [0.05, 0.1) is 20.3 Å². The van der Waals surface area contributed by atoms with Crippen LogP contribution in [0.5, 0.6) is 0 Å². The van der Waals surface area contributed by atoms with Crippen molar-refractivity contribution in [3.63, 3.8) is 0 Å². The molecule has 0 aromatic carbocycles. The molecule has 1 heterocycles. The summed E-state index contributed by atoms with van der Waals surface area (Å²) in [5, 5.41) is 0. The van der Waals surface area contributed by atoms with Gasteiger partial charge in [-0.3, -0.25) is 4.99 Å². The third kappa shape index (κ3) is 2.23. The molecule has 4 heteroatoms. The molecule has 80 valence electrons. The van der Waals surface area contributed by atoms with E-state index in [9.17, 15) is 4.21 Å². The summed E-state index contributed by atoms with van der Waals surface area (Å²) in [6.45, 7) is 8.10. The summed E-state index contributed by atoms with van der Waals surface area (Å²) in [6.07, 6.45) is 2.07. The van der Waals surface area contributed by atoms with Gasteiger partial charge in [-0.1, -0.05) is 20.8 Å². The van der Waals surface area contributed by atoms with E-state index in [1.807, 2.05) is 6.92 Å². The van der Waals surface area contributed by atoms with Crippen LogP contribution in [0.15, 0.2) is 15.6 Å². The van der Waals surface area contributed by atoms with Crippen LogP contribution < -0.4 is 0 Å². The molecule has 1 atom stereocenters. The van der Waals surface area contributed by atoms with Gasteiger partial charge in [-0.2, -0.15) is 0 Å². The Hall–Kier alpha value is -0.640. The molecule has 0 aliphatic carbocycles. The van der Waals surface area contributed by atoms with Crippen LogP contribution in [-0.4, -0.2) is 16.2 Å². The predicted molar refractivity (Wildman–Crippen MR) is 61.0 cm³/mol. The molecule has 0 spiro atoms. The zero-order valence-electron chi connectivity index (χ0n) is 9.47. The second-order valence-corrected chi connectivity index (χ2v) is 7.02. The number of nitrogens with zero attached hydrogens (tertiary/aromatic N) is 1. The SMILES string of the molecule is CC1=C(S(C)(=N)=O)CC(C(C)(C)C)=N1. The van der Waals surface area contributed by atoms with Crippen LogP contribution in [-0.2, 0) is 9.73 Å². The summed E-state index contributed by atoms with van der Waals surface area (Å²) in [4.78, 5) is 5.10. The third-order valence-electron chi connectivity index (χ3n) is 2.37. The third-order valence-corrected chi connectivity index (χ3v) is 3.75. The van der Waals surface area contributed by atoms with E-state index in [1.165, 1.54) is 6.26 Å². The zero-order valence-corrected chi connectivity index (χ0v) is 10.3. The van der Waals surface area contributed by atoms with Gasteiger partial charge >= 0.3 is 0 Å². The van der Waals surface area contributed by atoms with Crippen LogP contribution in [0.4, 0.5) is 0 Å². The standard InChI is InChI=1S/C10H18N2OS/c1-7-8(14(5,11)13)6-9(12-7)10(2,3)4/h11H,6H2,1-5H3. The first-order valence-electron chi connectivity index (χ1n) is 4.64. The molecule has 0 bridgehead atoms. The Kier molecular flexibility index (Phi) is 2.61. The monoisotopic (exact) mass is 214 g/mol. The Morgan fingerprint density at radius 3 is 2.14 bits per heavy atom. The highest BCUT2D eigenvalue weighted by molar-refractivity contribution is 7.95. The number of allylic oxidation sites excluding steroid dienone is 2. The van der Waals surface area contributed by atoms with Crippen LogP contribution in [0, 0.1) is 10.2 Å². The van der Waals surface area contributed by atoms with Crippen molar-refractivity contribution >= 4 is 15.4 Å². The number of hydrogen-bond acceptors (Lipinski definition) is 3. The zero-order chi connectivity index (χ0) is 11.1. The summed E-state index contributed by atoms with van der Waals surface area (Å²) in [6, 6.07) is 0. The smallest absolute Gasteiger partial charge is 0.0679 e. The van der Waals surface area contributed by atoms with E-state index in [0.29, 0.717) is 11.3 Å². The van der Waals surface area contributed by atoms with Crippen molar-refractivity contribution in [1.82, 2.24) is 0 Å². The molecule has 1 unspecified atom stereocenters. The fraction of sp³-hybridized carbons (Fsp3) is 0.700. The minimum atomic E-state index is -2.58. The van der Waals surface area contributed by atoms with Crippen molar-refractivity contribution in [3.05, 3.63) is 10.6 Å². The second kappa shape index (κ2) is 3.19. The van der Waals surface area contributed by atoms with Crippen LogP contribution in [0.2, 0.25) is 0 Å². The molecule has 0 saturated heterocycles. The largest absolute Gasteiger partial charge is 0.261 e. The highest BCUT2D eigenvalue weighted by Gasteiger charge is 2.28. The van der Waals surface area contributed by atoms with Gasteiger partial charge in [0.2, 0.25) is 0 Å².